The second kappa shape index (κ2) is 6.25. The number of hydrogen-bond donors (Lipinski definition) is 2. The molecule has 3 nitrogen and oxygen atoms in total. The van der Waals surface area contributed by atoms with Gasteiger partial charge in [0.25, 0.3) is 0 Å². The van der Waals surface area contributed by atoms with Crippen molar-refractivity contribution in [1.29, 1.82) is 5.26 Å². The zero-order chi connectivity index (χ0) is 10.3. The molecule has 0 aromatic rings. The molecule has 0 aromatic carbocycles. The zero-order valence-corrected chi connectivity index (χ0v) is 9.10. The van der Waals surface area contributed by atoms with E-state index in [4.69, 9.17) is 16.1 Å². The third-order valence-corrected chi connectivity index (χ3v) is 3.03. The molecule has 0 amide bonds. The van der Waals surface area contributed by atoms with E-state index in [1.807, 2.05) is 6.92 Å². The van der Waals surface area contributed by atoms with Gasteiger partial charge in [0.05, 0.1) is 6.07 Å². The smallest absolute Gasteiger partial charge is 0.102 e. The molecule has 0 bridgehead atoms. The van der Waals surface area contributed by atoms with Crippen LogP contribution < -0.4 is 5.73 Å². The maximum atomic E-state index is 8.75. The summed E-state index contributed by atoms with van der Waals surface area (Å²) >= 11 is 1.74. The fourth-order valence-electron chi connectivity index (χ4n) is 0.677. The van der Waals surface area contributed by atoms with E-state index in [0.717, 1.165) is 11.5 Å². The number of nitrogens with zero attached hydrogens (tertiary/aromatic N) is 1. The lowest BCUT2D eigenvalue weighted by Crippen LogP contribution is -2.34. The molecule has 13 heavy (non-hydrogen) atoms. The van der Waals surface area contributed by atoms with Crippen molar-refractivity contribution < 1.29 is 5.11 Å². The Morgan fingerprint density at radius 2 is 2.31 bits per heavy atom. The van der Waals surface area contributed by atoms with Crippen LogP contribution in [0.1, 0.15) is 20.3 Å². The lowest BCUT2D eigenvalue weighted by atomic mass is 10.0. The van der Waals surface area contributed by atoms with Gasteiger partial charge in [-0.3, -0.25) is 0 Å². The van der Waals surface area contributed by atoms with E-state index in [2.05, 4.69) is 6.07 Å². The van der Waals surface area contributed by atoms with Crippen LogP contribution in [0.15, 0.2) is 0 Å². The molecule has 0 radical (unpaired) electrons. The summed E-state index contributed by atoms with van der Waals surface area (Å²) in [6.45, 7) is 3.97. The Morgan fingerprint density at radius 3 is 2.77 bits per heavy atom. The predicted molar refractivity (Wildman–Crippen MR) is 56.4 cm³/mol. The van der Waals surface area contributed by atoms with E-state index in [-0.39, 0.29) is 6.61 Å². The average molecular weight is 202 g/mol. The topological polar surface area (TPSA) is 70.0 Å². The monoisotopic (exact) mass is 202 g/mol. The maximum Gasteiger partial charge on any atom is 0.102 e. The largest absolute Gasteiger partial charge is 0.396 e. The first kappa shape index (κ1) is 12.8. The Kier molecular flexibility index (Phi) is 6.13. The van der Waals surface area contributed by atoms with Crippen LogP contribution in [0.2, 0.25) is 0 Å². The third-order valence-electron chi connectivity index (χ3n) is 1.74. The summed E-state index contributed by atoms with van der Waals surface area (Å²) in [4.78, 5) is 0. The zero-order valence-electron chi connectivity index (χ0n) is 8.29. The van der Waals surface area contributed by atoms with Crippen molar-refractivity contribution in [2.75, 3.05) is 18.1 Å². The molecule has 4 heteroatoms. The van der Waals surface area contributed by atoms with Crippen LogP contribution in [0.4, 0.5) is 0 Å². The molecule has 0 aliphatic carbocycles. The molecule has 0 aliphatic heterocycles. The highest BCUT2D eigenvalue weighted by molar-refractivity contribution is 7.99. The second-order valence-corrected chi connectivity index (χ2v) is 4.79. The lowest BCUT2D eigenvalue weighted by molar-refractivity contribution is 0.250. The van der Waals surface area contributed by atoms with Gasteiger partial charge in [0.1, 0.15) is 5.54 Å². The van der Waals surface area contributed by atoms with Crippen molar-refractivity contribution in [2.45, 2.75) is 25.8 Å². The highest BCUT2D eigenvalue weighted by Crippen LogP contribution is 2.13. The van der Waals surface area contributed by atoms with Crippen molar-refractivity contribution in [2.24, 2.45) is 11.7 Å². The van der Waals surface area contributed by atoms with Crippen molar-refractivity contribution >= 4 is 11.8 Å². The van der Waals surface area contributed by atoms with Gasteiger partial charge in [-0.05, 0) is 30.8 Å². The van der Waals surface area contributed by atoms with Gasteiger partial charge >= 0.3 is 0 Å². The Morgan fingerprint density at radius 1 is 1.69 bits per heavy atom. The van der Waals surface area contributed by atoms with Crippen molar-refractivity contribution in [3.63, 3.8) is 0 Å². The van der Waals surface area contributed by atoms with Crippen LogP contribution in [0, 0.1) is 17.2 Å². The Hall–Kier alpha value is -0.240. The number of nitriles is 1. The van der Waals surface area contributed by atoms with Crippen LogP contribution in [-0.4, -0.2) is 28.8 Å². The van der Waals surface area contributed by atoms with E-state index in [0.29, 0.717) is 12.3 Å². The minimum absolute atomic E-state index is 0.227. The number of thioether (sulfide) groups is 1. The lowest BCUT2D eigenvalue weighted by Gasteiger charge is -2.15. The minimum Gasteiger partial charge on any atom is -0.396 e. The van der Waals surface area contributed by atoms with Crippen molar-refractivity contribution in [3.8, 4) is 6.07 Å². The number of aliphatic hydroxyl groups is 1. The fraction of sp³-hybridized carbons (Fsp3) is 0.889. The minimum atomic E-state index is -0.699. The van der Waals surface area contributed by atoms with Crippen LogP contribution >= 0.6 is 11.8 Å². The first-order valence-electron chi connectivity index (χ1n) is 4.40. The maximum absolute atomic E-state index is 8.75. The Bertz CT molecular complexity index is 177. The van der Waals surface area contributed by atoms with Gasteiger partial charge in [0.2, 0.25) is 0 Å². The standard InChI is InChI=1S/C9H18N2OS/c1-8(5-12)6-13-4-3-9(2,11)7-10/h8,12H,3-6,11H2,1-2H3. The molecule has 76 valence electrons. The van der Waals surface area contributed by atoms with E-state index in [9.17, 15) is 0 Å². The van der Waals surface area contributed by atoms with Crippen molar-refractivity contribution in [1.82, 2.24) is 0 Å². The molecule has 0 fully saturated rings. The molecular formula is C9H18N2OS. The molecule has 0 aliphatic rings. The third kappa shape index (κ3) is 6.88. The molecule has 2 atom stereocenters. The number of rotatable bonds is 6. The van der Waals surface area contributed by atoms with Gasteiger partial charge in [0.15, 0.2) is 0 Å². The predicted octanol–water partition coefficient (Wildman–Crippen LogP) is 0.979. The fourth-order valence-corrected chi connectivity index (χ4v) is 1.92. The van der Waals surface area contributed by atoms with E-state index >= 15 is 0 Å². The van der Waals surface area contributed by atoms with E-state index < -0.39 is 5.54 Å². The van der Waals surface area contributed by atoms with Gasteiger partial charge in [-0.25, -0.2) is 0 Å². The first-order chi connectivity index (χ1) is 6.02. The molecular weight excluding hydrogens is 184 g/mol. The SMILES string of the molecule is CC(CO)CSCCC(C)(N)C#N. The summed E-state index contributed by atoms with van der Waals surface area (Å²) in [5, 5.41) is 17.4. The first-order valence-corrected chi connectivity index (χ1v) is 5.56. The summed E-state index contributed by atoms with van der Waals surface area (Å²) in [5.74, 6) is 2.14. The van der Waals surface area contributed by atoms with Crippen molar-refractivity contribution in [3.05, 3.63) is 0 Å². The summed E-state index contributed by atoms with van der Waals surface area (Å²) in [5.41, 5.74) is 4.94. The van der Waals surface area contributed by atoms with Crippen LogP contribution in [-0.2, 0) is 0 Å². The van der Waals surface area contributed by atoms with Gasteiger partial charge in [-0.1, -0.05) is 6.92 Å². The normalized spacial score (nSPS) is 17.5. The van der Waals surface area contributed by atoms with Gasteiger partial charge in [0, 0.05) is 6.61 Å². The van der Waals surface area contributed by atoms with Gasteiger partial charge < -0.3 is 10.8 Å². The molecule has 0 saturated heterocycles. The highest BCUT2D eigenvalue weighted by Gasteiger charge is 2.16. The second-order valence-electron chi connectivity index (χ2n) is 3.64. The Labute approximate surface area is 84.3 Å². The van der Waals surface area contributed by atoms with Gasteiger partial charge in [-0.2, -0.15) is 17.0 Å². The highest BCUT2D eigenvalue weighted by atomic mass is 32.2. The summed E-state index contributed by atoms with van der Waals surface area (Å²) in [6.07, 6.45) is 0.701. The van der Waals surface area contributed by atoms with Gasteiger partial charge in [-0.15, -0.1) is 0 Å². The molecule has 0 heterocycles. The molecule has 0 rings (SSSR count). The number of hydrogen-bond acceptors (Lipinski definition) is 4. The average Bonchev–Trinajstić information content (AvgIpc) is 2.12. The molecule has 3 N–H and O–H groups in total. The molecule has 0 aromatic heterocycles. The van der Waals surface area contributed by atoms with Crippen LogP contribution in [0.3, 0.4) is 0 Å². The molecule has 0 spiro atoms. The molecule has 0 saturated carbocycles. The number of nitrogens with two attached hydrogens (primary N) is 1. The summed E-state index contributed by atoms with van der Waals surface area (Å²) < 4.78 is 0. The molecule has 2 unspecified atom stereocenters. The van der Waals surface area contributed by atoms with Crippen LogP contribution in [0.5, 0.6) is 0 Å². The van der Waals surface area contributed by atoms with E-state index in [1.54, 1.807) is 18.7 Å². The van der Waals surface area contributed by atoms with Crippen LogP contribution in [0.25, 0.3) is 0 Å². The van der Waals surface area contributed by atoms with E-state index in [1.165, 1.54) is 0 Å². The summed E-state index contributed by atoms with van der Waals surface area (Å²) in [6, 6.07) is 2.06. The quantitative estimate of drug-likeness (QED) is 0.630. The summed E-state index contributed by atoms with van der Waals surface area (Å²) in [7, 11) is 0. The Balaban J connectivity index is 3.42. The number of aliphatic hydroxyl groups excluding tert-OH is 1.